The van der Waals surface area contributed by atoms with Gasteiger partial charge >= 0.3 is 0 Å². The number of aromatic nitrogens is 1. The van der Waals surface area contributed by atoms with Crippen LogP contribution in [0.5, 0.6) is 0 Å². The Morgan fingerprint density at radius 3 is 1.96 bits per heavy atom. The molecule has 0 atom stereocenters. The molecule has 0 fully saturated rings. The lowest BCUT2D eigenvalue weighted by atomic mass is 9.82. The van der Waals surface area contributed by atoms with Crippen molar-refractivity contribution in [2.75, 3.05) is 4.90 Å². The Kier molecular flexibility index (Phi) is 6.16. The molecule has 7 aromatic carbocycles. The molecule has 47 heavy (non-hydrogen) atoms. The van der Waals surface area contributed by atoms with Crippen molar-refractivity contribution in [3.8, 4) is 33.7 Å². The smallest absolute Gasteiger partial charge is 0.227 e. The molecule has 8 aromatic rings. The van der Waals surface area contributed by atoms with E-state index in [9.17, 15) is 0 Å². The Labute approximate surface area is 274 Å². The molecule has 1 aromatic heterocycles. The molecule has 0 bridgehead atoms. The van der Waals surface area contributed by atoms with Gasteiger partial charge in [0.2, 0.25) is 5.89 Å². The van der Waals surface area contributed by atoms with E-state index in [2.05, 4.69) is 146 Å². The molecule has 0 amide bonds. The molecule has 0 saturated heterocycles. The molecular formula is C44H32N2O. The van der Waals surface area contributed by atoms with Gasteiger partial charge in [-0.1, -0.05) is 123 Å². The van der Waals surface area contributed by atoms with Crippen molar-refractivity contribution in [1.29, 1.82) is 0 Å². The van der Waals surface area contributed by atoms with E-state index in [0.29, 0.717) is 5.89 Å². The third-order valence-corrected chi connectivity index (χ3v) is 9.69. The van der Waals surface area contributed by atoms with Crippen LogP contribution in [0, 0.1) is 0 Å². The molecule has 0 spiro atoms. The molecule has 224 valence electrons. The van der Waals surface area contributed by atoms with Gasteiger partial charge in [0.15, 0.2) is 5.58 Å². The first-order valence-corrected chi connectivity index (χ1v) is 16.1. The van der Waals surface area contributed by atoms with Gasteiger partial charge in [-0.05, 0) is 81.7 Å². The van der Waals surface area contributed by atoms with Crippen molar-refractivity contribution in [2.24, 2.45) is 0 Å². The van der Waals surface area contributed by atoms with Gasteiger partial charge in [-0.25, -0.2) is 4.98 Å². The fraction of sp³-hybridized carbons (Fsp3) is 0.0682. The highest BCUT2D eigenvalue weighted by atomic mass is 16.3. The summed E-state index contributed by atoms with van der Waals surface area (Å²) in [6, 6.07) is 56.1. The number of nitrogens with zero attached hydrogens (tertiary/aromatic N) is 2. The van der Waals surface area contributed by atoms with E-state index in [-0.39, 0.29) is 5.41 Å². The van der Waals surface area contributed by atoms with E-state index >= 15 is 0 Å². The fourth-order valence-corrected chi connectivity index (χ4v) is 7.33. The van der Waals surface area contributed by atoms with Crippen LogP contribution in [0.1, 0.15) is 25.0 Å². The zero-order chi connectivity index (χ0) is 31.5. The lowest BCUT2D eigenvalue weighted by Gasteiger charge is -2.30. The molecule has 0 aliphatic heterocycles. The van der Waals surface area contributed by atoms with E-state index in [1.165, 1.54) is 33.4 Å². The third-order valence-electron chi connectivity index (χ3n) is 9.69. The average molecular weight is 605 g/mol. The summed E-state index contributed by atoms with van der Waals surface area (Å²) in [7, 11) is 0. The van der Waals surface area contributed by atoms with Crippen molar-refractivity contribution < 1.29 is 4.42 Å². The maximum Gasteiger partial charge on any atom is 0.227 e. The summed E-state index contributed by atoms with van der Waals surface area (Å²) in [5.74, 6) is 0.630. The zero-order valence-electron chi connectivity index (χ0n) is 26.3. The highest BCUT2D eigenvalue weighted by molar-refractivity contribution is 6.06. The van der Waals surface area contributed by atoms with Gasteiger partial charge in [-0.2, -0.15) is 0 Å². The lowest BCUT2D eigenvalue weighted by Crippen LogP contribution is -2.16. The SMILES string of the molecule is CC1(C)c2ccccc2-c2ccc(N(c3ccc4ccc5nc(-c6ccccc6)oc5c4c3)c3ccccc3-c3ccccc3)cc21. The minimum absolute atomic E-state index is 0.115. The standard InChI is InChI=1S/C44H32N2O/c1-44(2)38-19-11-9-18-35(38)36-25-24-33(28-39(36)44)46(41-20-12-10-17-34(41)29-13-5-3-6-14-29)32-23-21-30-22-26-40-42(37(30)27-32)47-43(45-40)31-15-7-4-8-16-31/h3-28H,1-2H3. The van der Waals surface area contributed by atoms with Crippen molar-refractivity contribution in [3.05, 3.63) is 169 Å². The summed E-state index contributed by atoms with van der Waals surface area (Å²) in [4.78, 5) is 7.27. The Bertz CT molecular complexity index is 2440. The quantitative estimate of drug-likeness (QED) is 0.196. The topological polar surface area (TPSA) is 29.3 Å². The van der Waals surface area contributed by atoms with Gasteiger partial charge in [0, 0.05) is 33.3 Å². The van der Waals surface area contributed by atoms with Crippen LogP contribution in [0.25, 0.3) is 55.6 Å². The number of benzene rings is 7. The molecule has 0 N–H and O–H groups in total. The molecular weight excluding hydrogens is 572 g/mol. The average Bonchev–Trinajstić information content (AvgIpc) is 3.67. The largest absolute Gasteiger partial charge is 0.435 e. The van der Waals surface area contributed by atoms with Crippen LogP contribution < -0.4 is 4.90 Å². The monoisotopic (exact) mass is 604 g/mol. The maximum absolute atomic E-state index is 6.50. The summed E-state index contributed by atoms with van der Waals surface area (Å²) in [6.45, 7) is 4.68. The summed E-state index contributed by atoms with van der Waals surface area (Å²) in [5.41, 5.74) is 13.5. The number of hydrogen-bond acceptors (Lipinski definition) is 3. The molecule has 1 aliphatic rings. The van der Waals surface area contributed by atoms with E-state index in [0.717, 1.165) is 44.5 Å². The van der Waals surface area contributed by atoms with Gasteiger partial charge in [0.25, 0.3) is 0 Å². The highest BCUT2D eigenvalue weighted by Crippen LogP contribution is 2.51. The van der Waals surface area contributed by atoms with E-state index in [1.54, 1.807) is 0 Å². The molecule has 0 radical (unpaired) electrons. The first kappa shape index (κ1) is 27.4. The van der Waals surface area contributed by atoms with Gasteiger partial charge in [-0.3, -0.25) is 0 Å². The number of oxazole rings is 1. The molecule has 3 nitrogen and oxygen atoms in total. The van der Waals surface area contributed by atoms with Crippen molar-refractivity contribution >= 4 is 38.9 Å². The molecule has 9 rings (SSSR count). The number of hydrogen-bond donors (Lipinski definition) is 0. The molecule has 0 unspecified atom stereocenters. The second-order valence-electron chi connectivity index (χ2n) is 12.8. The Morgan fingerprint density at radius 2 is 1.15 bits per heavy atom. The summed E-state index contributed by atoms with van der Waals surface area (Å²) in [6.07, 6.45) is 0. The second-order valence-corrected chi connectivity index (χ2v) is 12.8. The number of rotatable bonds is 5. The summed E-state index contributed by atoms with van der Waals surface area (Å²) in [5, 5.41) is 2.14. The predicted molar refractivity (Wildman–Crippen MR) is 195 cm³/mol. The minimum atomic E-state index is -0.115. The minimum Gasteiger partial charge on any atom is -0.435 e. The van der Waals surface area contributed by atoms with Crippen LogP contribution in [0.2, 0.25) is 0 Å². The van der Waals surface area contributed by atoms with Crippen molar-refractivity contribution in [3.63, 3.8) is 0 Å². The van der Waals surface area contributed by atoms with E-state index in [1.807, 2.05) is 30.3 Å². The fourth-order valence-electron chi connectivity index (χ4n) is 7.33. The van der Waals surface area contributed by atoms with Crippen molar-refractivity contribution in [1.82, 2.24) is 4.98 Å². The van der Waals surface area contributed by atoms with Gasteiger partial charge in [-0.15, -0.1) is 0 Å². The number of anilines is 3. The van der Waals surface area contributed by atoms with Crippen LogP contribution in [0.3, 0.4) is 0 Å². The normalized spacial score (nSPS) is 13.1. The van der Waals surface area contributed by atoms with Crippen molar-refractivity contribution in [2.45, 2.75) is 19.3 Å². The van der Waals surface area contributed by atoms with Crippen LogP contribution >= 0.6 is 0 Å². The maximum atomic E-state index is 6.50. The lowest BCUT2D eigenvalue weighted by molar-refractivity contribution is 0.623. The van der Waals surface area contributed by atoms with E-state index < -0.39 is 0 Å². The van der Waals surface area contributed by atoms with Gasteiger partial charge in [0.1, 0.15) is 5.52 Å². The molecule has 3 heteroatoms. The van der Waals surface area contributed by atoms with Gasteiger partial charge < -0.3 is 9.32 Å². The summed E-state index contributed by atoms with van der Waals surface area (Å²) >= 11 is 0. The van der Waals surface area contributed by atoms with Gasteiger partial charge in [0.05, 0.1) is 5.69 Å². The second kappa shape index (κ2) is 10.6. The Morgan fingerprint density at radius 1 is 0.532 bits per heavy atom. The van der Waals surface area contributed by atoms with Crippen LogP contribution in [-0.2, 0) is 5.41 Å². The predicted octanol–water partition coefficient (Wildman–Crippen LogP) is 12.1. The molecule has 1 aliphatic carbocycles. The van der Waals surface area contributed by atoms with E-state index in [4.69, 9.17) is 9.40 Å². The first-order chi connectivity index (χ1) is 23.1. The Hall–Kier alpha value is -5.93. The molecule has 0 saturated carbocycles. The zero-order valence-corrected chi connectivity index (χ0v) is 26.3. The summed E-state index contributed by atoms with van der Waals surface area (Å²) < 4.78 is 6.50. The van der Waals surface area contributed by atoms with Crippen LogP contribution in [0.15, 0.2) is 162 Å². The number of fused-ring (bicyclic) bond motifs is 6. The highest BCUT2D eigenvalue weighted by Gasteiger charge is 2.35. The number of para-hydroxylation sites is 1. The Balaban J connectivity index is 1.28. The molecule has 1 heterocycles. The van der Waals surface area contributed by atoms with Crippen LogP contribution in [-0.4, -0.2) is 4.98 Å². The first-order valence-electron chi connectivity index (χ1n) is 16.1. The third kappa shape index (κ3) is 4.39. The van der Waals surface area contributed by atoms with Crippen LogP contribution in [0.4, 0.5) is 17.1 Å².